The van der Waals surface area contributed by atoms with Gasteiger partial charge in [0.1, 0.15) is 0 Å². The largest absolute Gasteiger partial charge is 0.380 e. The Morgan fingerprint density at radius 2 is 1.38 bits per heavy atom. The molecule has 0 radical (unpaired) electrons. The molecule has 0 unspecified atom stereocenters. The van der Waals surface area contributed by atoms with Gasteiger partial charge < -0.3 is 4.74 Å². The van der Waals surface area contributed by atoms with Crippen molar-refractivity contribution in [3.63, 3.8) is 0 Å². The molecule has 2 aromatic rings. The molecule has 24 heavy (non-hydrogen) atoms. The predicted molar refractivity (Wildman–Crippen MR) is 105 cm³/mol. The van der Waals surface area contributed by atoms with Gasteiger partial charge in [0.15, 0.2) is 0 Å². The first kappa shape index (κ1) is 19.2. The van der Waals surface area contributed by atoms with Gasteiger partial charge in [-0.25, -0.2) is 0 Å². The molecule has 3 heteroatoms. The molecule has 0 amide bonds. The van der Waals surface area contributed by atoms with E-state index in [1.165, 1.54) is 11.1 Å². The first-order valence-corrected chi connectivity index (χ1v) is 9.70. The van der Waals surface area contributed by atoms with Crippen LogP contribution in [0, 0.1) is 0 Å². The van der Waals surface area contributed by atoms with Gasteiger partial charge in [0, 0.05) is 30.6 Å². The van der Waals surface area contributed by atoms with Gasteiger partial charge in [0.05, 0.1) is 6.61 Å². The van der Waals surface area contributed by atoms with Gasteiger partial charge in [-0.1, -0.05) is 76.6 Å². The summed E-state index contributed by atoms with van der Waals surface area (Å²) in [6.07, 6.45) is 1.05. The number of alkyl halides is 1. The standard InChI is InChI=1S/C21H28BrNO/c1-21(2,18-24-15-9-14-22)23(16-19-10-5-3-6-11-19)17-20-12-7-4-8-13-20/h3-8,10-13H,9,14-18H2,1-2H3. The SMILES string of the molecule is CC(C)(COCCCBr)N(Cc1ccccc1)Cc1ccccc1. The predicted octanol–water partition coefficient (Wildman–Crippen LogP) is 5.27. The Bertz CT molecular complexity index is 529. The zero-order chi connectivity index (χ0) is 17.3. The first-order chi connectivity index (χ1) is 11.6. The van der Waals surface area contributed by atoms with Crippen LogP contribution in [-0.4, -0.2) is 29.0 Å². The van der Waals surface area contributed by atoms with Crippen LogP contribution in [0.15, 0.2) is 60.7 Å². The van der Waals surface area contributed by atoms with Crippen molar-refractivity contribution in [1.82, 2.24) is 4.90 Å². The molecule has 0 aliphatic heterocycles. The molecule has 2 rings (SSSR count). The lowest BCUT2D eigenvalue weighted by Gasteiger charge is -2.38. The van der Waals surface area contributed by atoms with Crippen LogP contribution in [-0.2, 0) is 17.8 Å². The minimum atomic E-state index is -0.0298. The molecule has 0 saturated heterocycles. The van der Waals surface area contributed by atoms with E-state index in [0.717, 1.165) is 38.1 Å². The van der Waals surface area contributed by atoms with Gasteiger partial charge in [0.2, 0.25) is 0 Å². The number of nitrogens with zero attached hydrogens (tertiary/aromatic N) is 1. The summed E-state index contributed by atoms with van der Waals surface area (Å²) in [7, 11) is 0. The van der Waals surface area contributed by atoms with Crippen molar-refractivity contribution in [2.24, 2.45) is 0 Å². The smallest absolute Gasteiger partial charge is 0.0645 e. The molecule has 0 spiro atoms. The van der Waals surface area contributed by atoms with Crippen LogP contribution in [0.25, 0.3) is 0 Å². The lowest BCUT2D eigenvalue weighted by molar-refractivity contribution is 0.00278. The summed E-state index contributed by atoms with van der Waals surface area (Å²) in [6, 6.07) is 21.3. The van der Waals surface area contributed by atoms with Crippen molar-refractivity contribution in [3.05, 3.63) is 71.8 Å². The summed E-state index contributed by atoms with van der Waals surface area (Å²) >= 11 is 3.46. The van der Waals surface area contributed by atoms with Crippen LogP contribution in [0.4, 0.5) is 0 Å². The van der Waals surface area contributed by atoms with Crippen LogP contribution in [0.1, 0.15) is 31.4 Å². The molecule has 0 bridgehead atoms. The van der Waals surface area contributed by atoms with Crippen molar-refractivity contribution in [2.75, 3.05) is 18.5 Å². The second-order valence-corrected chi connectivity index (χ2v) is 7.53. The van der Waals surface area contributed by atoms with E-state index in [0.29, 0.717) is 0 Å². The van der Waals surface area contributed by atoms with Crippen LogP contribution in [0.3, 0.4) is 0 Å². The molecule has 2 nitrogen and oxygen atoms in total. The molecule has 130 valence electrons. The van der Waals surface area contributed by atoms with E-state index in [-0.39, 0.29) is 5.54 Å². The Morgan fingerprint density at radius 3 is 1.83 bits per heavy atom. The average Bonchev–Trinajstić information content (AvgIpc) is 2.60. The van der Waals surface area contributed by atoms with Crippen molar-refractivity contribution >= 4 is 15.9 Å². The zero-order valence-electron chi connectivity index (χ0n) is 14.7. The summed E-state index contributed by atoms with van der Waals surface area (Å²) < 4.78 is 5.92. The Labute approximate surface area is 155 Å². The van der Waals surface area contributed by atoms with Gasteiger partial charge in [-0.2, -0.15) is 0 Å². The minimum Gasteiger partial charge on any atom is -0.380 e. The second kappa shape index (κ2) is 9.97. The minimum absolute atomic E-state index is 0.0298. The van der Waals surface area contributed by atoms with E-state index in [1.807, 2.05) is 0 Å². The third-order valence-electron chi connectivity index (χ3n) is 4.17. The quantitative estimate of drug-likeness (QED) is 0.405. The summed E-state index contributed by atoms with van der Waals surface area (Å²) in [6.45, 7) is 7.92. The van der Waals surface area contributed by atoms with Gasteiger partial charge in [0.25, 0.3) is 0 Å². The van der Waals surface area contributed by atoms with Crippen LogP contribution >= 0.6 is 15.9 Å². The number of ether oxygens (including phenoxy) is 1. The number of hydrogen-bond acceptors (Lipinski definition) is 2. The topological polar surface area (TPSA) is 12.5 Å². The Morgan fingerprint density at radius 1 is 0.875 bits per heavy atom. The van der Waals surface area contributed by atoms with E-state index in [4.69, 9.17) is 4.74 Å². The highest BCUT2D eigenvalue weighted by Gasteiger charge is 2.27. The van der Waals surface area contributed by atoms with E-state index < -0.39 is 0 Å². The third kappa shape index (κ3) is 6.39. The Balaban J connectivity index is 2.08. The maximum atomic E-state index is 5.92. The normalized spacial score (nSPS) is 11.8. The average molecular weight is 390 g/mol. The van der Waals surface area contributed by atoms with E-state index >= 15 is 0 Å². The van der Waals surface area contributed by atoms with E-state index in [9.17, 15) is 0 Å². The maximum Gasteiger partial charge on any atom is 0.0645 e. The number of hydrogen-bond donors (Lipinski definition) is 0. The molecule has 0 aliphatic carbocycles. The number of benzene rings is 2. The molecule has 0 aliphatic rings. The molecule has 2 aromatic carbocycles. The molecular weight excluding hydrogens is 362 g/mol. The highest BCUT2D eigenvalue weighted by atomic mass is 79.9. The van der Waals surface area contributed by atoms with Crippen molar-refractivity contribution in [3.8, 4) is 0 Å². The van der Waals surface area contributed by atoms with Crippen LogP contribution < -0.4 is 0 Å². The molecule has 0 heterocycles. The summed E-state index contributed by atoms with van der Waals surface area (Å²) in [4.78, 5) is 2.51. The fourth-order valence-electron chi connectivity index (χ4n) is 2.66. The van der Waals surface area contributed by atoms with Crippen molar-refractivity contribution in [1.29, 1.82) is 0 Å². The van der Waals surface area contributed by atoms with Crippen LogP contribution in [0.2, 0.25) is 0 Å². The molecule has 0 fully saturated rings. The van der Waals surface area contributed by atoms with E-state index in [1.54, 1.807) is 0 Å². The monoisotopic (exact) mass is 389 g/mol. The Kier molecular flexibility index (Phi) is 7.97. The molecule has 0 aromatic heterocycles. The zero-order valence-corrected chi connectivity index (χ0v) is 16.3. The summed E-state index contributed by atoms with van der Waals surface area (Å²) in [5, 5.41) is 0.991. The lowest BCUT2D eigenvalue weighted by Crippen LogP contribution is -2.46. The van der Waals surface area contributed by atoms with Crippen LogP contribution in [0.5, 0.6) is 0 Å². The second-order valence-electron chi connectivity index (χ2n) is 6.73. The van der Waals surface area contributed by atoms with Crippen molar-refractivity contribution < 1.29 is 4.74 Å². The van der Waals surface area contributed by atoms with Gasteiger partial charge >= 0.3 is 0 Å². The van der Waals surface area contributed by atoms with Gasteiger partial charge in [-0.05, 0) is 31.4 Å². The third-order valence-corrected chi connectivity index (χ3v) is 4.73. The number of rotatable bonds is 10. The highest BCUT2D eigenvalue weighted by Crippen LogP contribution is 2.22. The lowest BCUT2D eigenvalue weighted by atomic mass is 10.0. The fraction of sp³-hybridized carbons (Fsp3) is 0.429. The Hall–Kier alpha value is -1.16. The van der Waals surface area contributed by atoms with Crippen molar-refractivity contribution in [2.45, 2.75) is 38.9 Å². The first-order valence-electron chi connectivity index (χ1n) is 8.58. The molecule has 0 N–H and O–H groups in total. The fourth-order valence-corrected chi connectivity index (χ4v) is 2.89. The molecule has 0 atom stereocenters. The molecular formula is C21H28BrNO. The van der Waals surface area contributed by atoms with E-state index in [2.05, 4.69) is 95.3 Å². The summed E-state index contributed by atoms with van der Waals surface area (Å²) in [5.41, 5.74) is 2.64. The highest BCUT2D eigenvalue weighted by molar-refractivity contribution is 9.09. The van der Waals surface area contributed by atoms with Gasteiger partial charge in [-0.15, -0.1) is 0 Å². The summed E-state index contributed by atoms with van der Waals surface area (Å²) in [5.74, 6) is 0. The maximum absolute atomic E-state index is 5.92. The number of halogens is 1. The molecule has 0 saturated carbocycles. The van der Waals surface area contributed by atoms with Gasteiger partial charge in [-0.3, -0.25) is 4.90 Å².